The van der Waals surface area contributed by atoms with E-state index in [9.17, 15) is 18.4 Å². The molecule has 2 aromatic heterocycles. The first-order valence-corrected chi connectivity index (χ1v) is 8.73. The van der Waals surface area contributed by atoms with E-state index in [1.807, 2.05) is 0 Å². The van der Waals surface area contributed by atoms with Gasteiger partial charge in [0.2, 0.25) is 5.91 Å². The number of amides is 1. The van der Waals surface area contributed by atoms with Gasteiger partial charge in [0.05, 0.1) is 28.9 Å². The molecule has 0 aliphatic carbocycles. The highest BCUT2D eigenvalue weighted by Crippen LogP contribution is 2.39. The molecule has 1 aliphatic rings. The number of halogens is 3. The largest absolute Gasteiger partial charge is 0.326 e. The Morgan fingerprint density at radius 3 is 2.81 bits per heavy atom. The fraction of sp³-hybridized carbons (Fsp3) is 0.412. The Balaban J connectivity index is 1.72. The summed E-state index contributed by atoms with van der Waals surface area (Å²) in [5, 5.41) is 3.09. The van der Waals surface area contributed by atoms with Crippen molar-refractivity contribution in [2.75, 3.05) is 18.4 Å². The van der Waals surface area contributed by atoms with Crippen LogP contribution in [0.2, 0.25) is 5.02 Å². The molecule has 0 aromatic carbocycles. The number of hydrogen-bond donors (Lipinski definition) is 2. The van der Waals surface area contributed by atoms with Crippen molar-refractivity contribution in [1.82, 2.24) is 19.9 Å². The zero-order valence-electron chi connectivity index (χ0n) is 14.5. The molecular formula is C17H18ClF2N5O2. The second kappa shape index (κ2) is 7.69. The van der Waals surface area contributed by atoms with E-state index in [2.05, 4.69) is 20.3 Å². The molecule has 1 fully saturated rings. The molecule has 3 rings (SSSR count). The van der Waals surface area contributed by atoms with Crippen molar-refractivity contribution in [3.8, 4) is 0 Å². The number of piperidine rings is 1. The van der Waals surface area contributed by atoms with Crippen LogP contribution in [0.3, 0.4) is 0 Å². The van der Waals surface area contributed by atoms with Gasteiger partial charge in [-0.1, -0.05) is 11.6 Å². The molecule has 2 atom stereocenters. The van der Waals surface area contributed by atoms with Crippen molar-refractivity contribution in [3.63, 3.8) is 0 Å². The van der Waals surface area contributed by atoms with Crippen molar-refractivity contribution in [1.29, 1.82) is 0 Å². The van der Waals surface area contributed by atoms with E-state index in [0.29, 0.717) is 10.8 Å². The van der Waals surface area contributed by atoms with Crippen LogP contribution >= 0.6 is 11.6 Å². The monoisotopic (exact) mass is 397 g/mol. The number of H-pyrrole nitrogens is 1. The molecular weight excluding hydrogens is 380 g/mol. The number of aromatic amines is 1. The van der Waals surface area contributed by atoms with Gasteiger partial charge in [-0.25, -0.2) is 13.8 Å². The molecule has 10 heteroatoms. The molecule has 0 spiro atoms. The number of nitrogens with zero attached hydrogens (tertiary/aromatic N) is 3. The molecule has 0 unspecified atom stereocenters. The Labute approximate surface area is 158 Å². The lowest BCUT2D eigenvalue weighted by Crippen LogP contribution is -2.52. The molecule has 0 saturated carbocycles. The molecule has 0 radical (unpaired) electrons. The van der Waals surface area contributed by atoms with Gasteiger partial charge >= 0.3 is 0 Å². The minimum atomic E-state index is -2.98. The third kappa shape index (κ3) is 4.48. The van der Waals surface area contributed by atoms with Crippen LogP contribution in [0.15, 0.2) is 35.5 Å². The number of hydrogen-bond acceptors (Lipinski definition) is 5. The Morgan fingerprint density at radius 1 is 1.41 bits per heavy atom. The van der Waals surface area contributed by atoms with E-state index in [4.69, 9.17) is 11.6 Å². The van der Waals surface area contributed by atoms with Crippen LogP contribution in [0.4, 0.5) is 14.6 Å². The fourth-order valence-electron chi connectivity index (χ4n) is 2.98. The normalized spacial score (nSPS) is 20.8. The number of likely N-dealkylation sites (tertiary alicyclic amines) is 1. The summed E-state index contributed by atoms with van der Waals surface area (Å²) in [4.78, 5) is 35.5. The summed E-state index contributed by atoms with van der Waals surface area (Å²) in [5.41, 5.74) is -0.366. The molecule has 1 saturated heterocycles. The number of nitrogens with one attached hydrogen (secondary N) is 2. The predicted molar refractivity (Wildman–Crippen MR) is 96.1 cm³/mol. The molecule has 1 amide bonds. The Morgan fingerprint density at radius 2 is 2.19 bits per heavy atom. The summed E-state index contributed by atoms with van der Waals surface area (Å²) in [6, 6.07) is 2.50. The summed E-state index contributed by atoms with van der Waals surface area (Å²) in [7, 11) is 0. The summed E-state index contributed by atoms with van der Waals surface area (Å²) in [6.45, 7) is 1.65. The number of alkyl halides is 2. The molecule has 3 heterocycles. The molecule has 1 aliphatic heterocycles. The molecule has 144 valence electrons. The maximum absolute atomic E-state index is 14.4. The molecule has 2 N–H and O–H groups in total. The van der Waals surface area contributed by atoms with Gasteiger partial charge < -0.3 is 10.3 Å². The number of carbonyl (C=O) groups excluding carboxylic acids is 1. The van der Waals surface area contributed by atoms with Crippen molar-refractivity contribution in [2.45, 2.75) is 31.2 Å². The highest BCUT2D eigenvalue weighted by molar-refractivity contribution is 6.30. The van der Waals surface area contributed by atoms with Crippen molar-refractivity contribution < 1.29 is 13.6 Å². The van der Waals surface area contributed by atoms with Crippen LogP contribution in [0.5, 0.6) is 0 Å². The minimum Gasteiger partial charge on any atom is -0.326 e. The van der Waals surface area contributed by atoms with E-state index in [1.165, 1.54) is 12.4 Å². The summed E-state index contributed by atoms with van der Waals surface area (Å²) < 4.78 is 28.8. The first kappa shape index (κ1) is 19.4. The van der Waals surface area contributed by atoms with Gasteiger partial charge in [-0.3, -0.25) is 19.5 Å². The fourth-order valence-corrected chi connectivity index (χ4v) is 3.09. The highest BCUT2D eigenvalue weighted by atomic mass is 35.5. The van der Waals surface area contributed by atoms with Crippen LogP contribution in [-0.4, -0.2) is 50.8 Å². The van der Waals surface area contributed by atoms with E-state index < -0.39 is 29.9 Å². The van der Waals surface area contributed by atoms with E-state index in [0.717, 1.165) is 6.20 Å². The maximum Gasteiger partial charge on any atom is 0.266 e. The molecule has 27 heavy (non-hydrogen) atoms. The van der Waals surface area contributed by atoms with Gasteiger partial charge in [0.1, 0.15) is 5.82 Å². The number of rotatable bonds is 4. The number of carbonyl (C=O) groups is 1. The van der Waals surface area contributed by atoms with Gasteiger partial charge in [-0.2, -0.15) is 0 Å². The number of anilines is 1. The van der Waals surface area contributed by atoms with Gasteiger partial charge in [0, 0.05) is 31.9 Å². The first-order valence-electron chi connectivity index (χ1n) is 8.35. The number of aromatic nitrogens is 3. The highest BCUT2D eigenvalue weighted by Gasteiger charge is 2.47. The Hall–Kier alpha value is -2.39. The van der Waals surface area contributed by atoms with Crippen LogP contribution in [-0.2, 0) is 4.79 Å². The average Bonchev–Trinajstić information content (AvgIpc) is 2.64. The van der Waals surface area contributed by atoms with Gasteiger partial charge in [-0.05, 0) is 19.1 Å². The van der Waals surface area contributed by atoms with Gasteiger partial charge in [-0.15, -0.1) is 0 Å². The molecule has 0 bridgehead atoms. The Kier molecular flexibility index (Phi) is 5.52. The average molecular weight is 398 g/mol. The quantitative estimate of drug-likeness (QED) is 0.825. The third-order valence-corrected chi connectivity index (χ3v) is 4.84. The maximum atomic E-state index is 14.4. The van der Waals surface area contributed by atoms with E-state index >= 15 is 0 Å². The van der Waals surface area contributed by atoms with Crippen molar-refractivity contribution in [2.24, 2.45) is 0 Å². The van der Waals surface area contributed by atoms with Crippen LogP contribution in [0, 0.1) is 0 Å². The lowest BCUT2D eigenvalue weighted by Gasteiger charge is -2.40. The Bertz CT molecular complexity index is 854. The van der Waals surface area contributed by atoms with Crippen LogP contribution in [0.25, 0.3) is 0 Å². The minimum absolute atomic E-state index is 0.0608. The van der Waals surface area contributed by atoms with Crippen molar-refractivity contribution >= 4 is 23.3 Å². The first-order chi connectivity index (χ1) is 12.8. The van der Waals surface area contributed by atoms with E-state index in [-0.39, 0.29) is 24.7 Å². The lowest BCUT2D eigenvalue weighted by atomic mass is 9.90. The van der Waals surface area contributed by atoms with Crippen LogP contribution < -0.4 is 10.9 Å². The lowest BCUT2D eigenvalue weighted by molar-refractivity contribution is -0.125. The topological polar surface area (TPSA) is 91.0 Å². The smallest absolute Gasteiger partial charge is 0.266 e. The van der Waals surface area contributed by atoms with Gasteiger partial charge in [0.25, 0.3) is 11.5 Å². The third-order valence-electron chi connectivity index (χ3n) is 4.62. The summed E-state index contributed by atoms with van der Waals surface area (Å²) in [5.74, 6) is -4.22. The molecule has 7 nitrogen and oxygen atoms in total. The second-order valence-electron chi connectivity index (χ2n) is 6.42. The summed E-state index contributed by atoms with van der Waals surface area (Å²) in [6.07, 6.45) is 3.18. The standard InChI is InChI=1S/C17H18ClF2N5O2/c1-10(16(27)24-14-3-2-11(18)6-22-14)25-5-4-17(19,20)12(9-25)13-7-23-15(26)8-21-13/h2-3,6-8,10,12H,4-5,9H2,1H3,(H,23,26)(H,22,24,27)/t10-,12+/m0/s1. The van der Waals surface area contributed by atoms with Crippen molar-refractivity contribution in [3.05, 3.63) is 51.8 Å². The summed E-state index contributed by atoms with van der Waals surface area (Å²) >= 11 is 5.76. The second-order valence-corrected chi connectivity index (χ2v) is 6.86. The number of pyridine rings is 1. The predicted octanol–water partition coefficient (Wildman–Crippen LogP) is 2.27. The zero-order valence-corrected chi connectivity index (χ0v) is 15.2. The van der Waals surface area contributed by atoms with Crippen LogP contribution in [0.1, 0.15) is 25.0 Å². The molecule has 2 aromatic rings. The van der Waals surface area contributed by atoms with E-state index in [1.54, 1.807) is 24.0 Å². The van der Waals surface area contributed by atoms with Gasteiger partial charge in [0.15, 0.2) is 0 Å². The SMILES string of the molecule is C[C@@H](C(=O)Nc1ccc(Cl)cn1)N1CCC(F)(F)[C@@H](c2c[nH]c(=O)cn2)C1. The zero-order chi connectivity index (χ0) is 19.6.